The maximum atomic E-state index is 13.0. The SMILES string of the molecule is Cc1ccsc1C(=O)N1CCCC2(CCc3c2nc(C2CC2)[nH]c3=O)C1. The summed E-state index contributed by atoms with van der Waals surface area (Å²) in [4.78, 5) is 36.4. The standard InChI is InChI=1S/C20H23N3O2S/c1-12-6-10-26-15(12)19(25)23-9-2-7-20(11-23)8-5-14-16(20)21-17(13-3-4-13)22-18(14)24/h6,10,13H,2-5,7-9,11H2,1H3,(H,21,22,24). The van der Waals surface area contributed by atoms with E-state index in [-0.39, 0.29) is 16.9 Å². The minimum Gasteiger partial charge on any atom is -0.337 e. The van der Waals surface area contributed by atoms with Crippen LogP contribution in [0.3, 0.4) is 0 Å². The molecule has 26 heavy (non-hydrogen) atoms. The molecule has 0 radical (unpaired) electrons. The summed E-state index contributed by atoms with van der Waals surface area (Å²) in [5.74, 6) is 1.44. The first-order valence-corrected chi connectivity index (χ1v) is 10.4. The second-order valence-electron chi connectivity index (χ2n) is 8.10. The summed E-state index contributed by atoms with van der Waals surface area (Å²) in [6, 6.07) is 2.01. The maximum absolute atomic E-state index is 13.0. The van der Waals surface area contributed by atoms with Crippen molar-refractivity contribution in [3.63, 3.8) is 0 Å². The molecule has 2 aromatic rings. The van der Waals surface area contributed by atoms with Crippen molar-refractivity contribution in [1.29, 1.82) is 0 Å². The number of carbonyl (C=O) groups excluding carboxylic acids is 1. The molecule has 2 fully saturated rings. The number of nitrogens with one attached hydrogen (secondary N) is 1. The van der Waals surface area contributed by atoms with Crippen LogP contribution < -0.4 is 5.56 Å². The molecule has 5 rings (SSSR count). The van der Waals surface area contributed by atoms with Crippen LogP contribution in [0.25, 0.3) is 0 Å². The second kappa shape index (κ2) is 5.78. The number of aromatic amines is 1. The third kappa shape index (κ3) is 2.46. The van der Waals surface area contributed by atoms with Crippen LogP contribution in [0.15, 0.2) is 16.2 Å². The molecule has 1 saturated carbocycles. The van der Waals surface area contributed by atoms with E-state index in [0.717, 1.165) is 72.6 Å². The van der Waals surface area contributed by atoms with Gasteiger partial charge in [-0.2, -0.15) is 0 Å². The van der Waals surface area contributed by atoms with Gasteiger partial charge < -0.3 is 9.88 Å². The largest absolute Gasteiger partial charge is 0.337 e. The molecule has 3 aliphatic rings. The quantitative estimate of drug-likeness (QED) is 0.884. The van der Waals surface area contributed by atoms with Gasteiger partial charge in [-0.25, -0.2) is 4.98 Å². The summed E-state index contributed by atoms with van der Waals surface area (Å²) in [5, 5.41) is 1.98. The molecule has 2 aromatic heterocycles. The van der Waals surface area contributed by atoms with Crippen molar-refractivity contribution in [3.8, 4) is 0 Å². The van der Waals surface area contributed by atoms with Gasteiger partial charge in [-0.3, -0.25) is 9.59 Å². The van der Waals surface area contributed by atoms with Gasteiger partial charge in [0.25, 0.3) is 11.5 Å². The van der Waals surface area contributed by atoms with Crippen LogP contribution in [0.2, 0.25) is 0 Å². The zero-order valence-electron chi connectivity index (χ0n) is 15.0. The maximum Gasteiger partial charge on any atom is 0.264 e. The molecule has 1 N–H and O–H groups in total. The predicted octanol–water partition coefficient (Wildman–Crippen LogP) is 3.14. The van der Waals surface area contributed by atoms with Gasteiger partial charge in [0, 0.05) is 30.0 Å². The van der Waals surface area contributed by atoms with E-state index >= 15 is 0 Å². The molecule has 5 nitrogen and oxygen atoms in total. The highest BCUT2D eigenvalue weighted by Gasteiger charge is 2.46. The Morgan fingerprint density at radius 1 is 1.38 bits per heavy atom. The van der Waals surface area contributed by atoms with E-state index in [4.69, 9.17) is 4.98 Å². The highest BCUT2D eigenvalue weighted by Crippen LogP contribution is 2.45. The Morgan fingerprint density at radius 3 is 2.96 bits per heavy atom. The number of nitrogens with zero attached hydrogens (tertiary/aromatic N) is 2. The Hall–Kier alpha value is -1.95. The van der Waals surface area contributed by atoms with Crippen molar-refractivity contribution >= 4 is 17.2 Å². The van der Waals surface area contributed by atoms with E-state index in [0.29, 0.717) is 12.5 Å². The first-order valence-electron chi connectivity index (χ1n) is 9.54. The molecular formula is C20H23N3O2S. The normalized spacial score (nSPS) is 24.9. The number of aromatic nitrogens is 2. The molecule has 1 saturated heterocycles. The third-order valence-corrected chi connectivity index (χ3v) is 7.28. The summed E-state index contributed by atoms with van der Waals surface area (Å²) in [7, 11) is 0. The van der Waals surface area contributed by atoms with Crippen LogP contribution in [0.1, 0.15) is 70.3 Å². The zero-order valence-corrected chi connectivity index (χ0v) is 15.8. The van der Waals surface area contributed by atoms with Gasteiger partial charge in [-0.05, 0) is 62.5 Å². The van der Waals surface area contributed by atoms with Crippen molar-refractivity contribution in [2.45, 2.75) is 56.8 Å². The van der Waals surface area contributed by atoms with Crippen LogP contribution >= 0.6 is 11.3 Å². The Bertz CT molecular complexity index is 943. The molecule has 1 amide bonds. The molecule has 6 heteroatoms. The molecular weight excluding hydrogens is 346 g/mol. The number of piperidine rings is 1. The number of H-pyrrole nitrogens is 1. The minimum absolute atomic E-state index is 0.0475. The Labute approximate surface area is 156 Å². The first-order chi connectivity index (χ1) is 12.6. The highest BCUT2D eigenvalue weighted by atomic mass is 32.1. The van der Waals surface area contributed by atoms with E-state index in [9.17, 15) is 9.59 Å². The Balaban J connectivity index is 1.50. The zero-order chi connectivity index (χ0) is 17.9. The number of thiophene rings is 1. The molecule has 1 atom stereocenters. The lowest BCUT2D eigenvalue weighted by Gasteiger charge is -2.40. The fraction of sp³-hybridized carbons (Fsp3) is 0.550. The van der Waals surface area contributed by atoms with Gasteiger partial charge in [-0.15, -0.1) is 11.3 Å². The molecule has 3 heterocycles. The molecule has 1 spiro atoms. The van der Waals surface area contributed by atoms with Gasteiger partial charge in [-0.1, -0.05) is 0 Å². The van der Waals surface area contributed by atoms with Gasteiger partial charge in [0.2, 0.25) is 0 Å². The van der Waals surface area contributed by atoms with E-state index in [2.05, 4.69) is 4.98 Å². The van der Waals surface area contributed by atoms with Crippen molar-refractivity contribution in [2.24, 2.45) is 0 Å². The number of likely N-dealkylation sites (tertiary alicyclic amines) is 1. The van der Waals surface area contributed by atoms with Crippen molar-refractivity contribution < 1.29 is 4.79 Å². The number of fused-ring (bicyclic) bond motifs is 2. The smallest absolute Gasteiger partial charge is 0.264 e. The number of amides is 1. The van der Waals surface area contributed by atoms with E-state index in [1.54, 1.807) is 0 Å². The summed E-state index contributed by atoms with van der Waals surface area (Å²) in [6.07, 6.45) is 5.95. The Kier molecular flexibility index (Phi) is 3.61. The van der Waals surface area contributed by atoms with Crippen LogP contribution in [-0.2, 0) is 11.8 Å². The second-order valence-corrected chi connectivity index (χ2v) is 9.01. The highest BCUT2D eigenvalue weighted by molar-refractivity contribution is 7.12. The molecule has 136 valence electrons. The Morgan fingerprint density at radius 2 is 2.23 bits per heavy atom. The number of carbonyl (C=O) groups is 1. The van der Waals surface area contributed by atoms with E-state index in [1.165, 1.54) is 11.3 Å². The van der Waals surface area contributed by atoms with Crippen LogP contribution in [0.5, 0.6) is 0 Å². The van der Waals surface area contributed by atoms with Crippen LogP contribution in [0.4, 0.5) is 0 Å². The fourth-order valence-electron chi connectivity index (χ4n) is 4.66. The predicted molar refractivity (Wildman–Crippen MR) is 101 cm³/mol. The lowest BCUT2D eigenvalue weighted by Crippen LogP contribution is -2.48. The van der Waals surface area contributed by atoms with Crippen LogP contribution in [0, 0.1) is 6.92 Å². The number of hydrogen-bond acceptors (Lipinski definition) is 4. The summed E-state index contributed by atoms with van der Waals surface area (Å²) < 4.78 is 0. The van der Waals surface area contributed by atoms with E-state index < -0.39 is 0 Å². The minimum atomic E-state index is -0.133. The number of rotatable bonds is 2. The van der Waals surface area contributed by atoms with E-state index in [1.807, 2.05) is 23.3 Å². The summed E-state index contributed by atoms with van der Waals surface area (Å²) in [6.45, 7) is 3.49. The molecule has 0 aromatic carbocycles. The van der Waals surface area contributed by atoms with Crippen molar-refractivity contribution in [1.82, 2.24) is 14.9 Å². The topological polar surface area (TPSA) is 66.1 Å². The fourth-order valence-corrected chi connectivity index (χ4v) is 5.55. The van der Waals surface area contributed by atoms with Gasteiger partial charge in [0.1, 0.15) is 5.82 Å². The lowest BCUT2D eigenvalue weighted by atomic mass is 9.77. The van der Waals surface area contributed by atoms with Gasteiger partial charge in [0.15, 0.2) is 0 Å². The number of hydrogen-bond donors (Lipinski definition) is 1. The molecule has 1 aliphatic heterocycles. The first kappa shape index (κ1) is 16.2. The summed E-state index contributed by atoms with van der Waals surface area (Å²) >= 11 is 1.52. The molecule has 2 aliphatic carbocycles. The average Bonchev–Trinajstić information content (AvgIpc) is 3.32. The molecule has 0 bridgehead atoms. The monoisotopic (exact) mass is 369 g/mol. The molecule has 1 unspecified atom stereocenters. The number of aryl methyl sites for hydroxylation is 1. The summed E-state index contributed by atoms with van der Waals surface area (Å²) in [5.41, 5.74) is 2.81. The average molecular weight is 369 g/mol. The van der Waals surface area contributed by atoms with Crippen molar-refractivity contribution in [2.75, 3.05) is 13.1 Å². The van der Waals surface area contributed by atoms with Crippen LogP contribution in [-0.4, -0.2) is 33.9 Å². The third-order valence-electron chi connectivity index (χ3n) is 6.27. The lowest BCUT2D eigenvalue weighted by molar-refractivity contribution is 0.0637. The van der Waals surface area contributed by atoms with Gasteiger partial charge >= 0.3 is 0 Å². The van der Waals surface area contributed by atoms with Gasteiger partial charge in [0.05, 0.1) is 10.6 Å². The van der Waals surface area contributed by atoms with Crippen molar-refractivity contribution in [3.05, 3.63) is 49.3 Å².